The van der Waals surface area contributed by atoms with E-state index in [1.807, 2.05) is 30.3 Å². The lowest BCUT2D eigenvalue weighted by molar-refractivity contribution is 0.411. The quantitative estimate of drug-likeness (QED) is 0.620. The normalized spacial score (nSPS) is 10.9. The highest BCUT2D eigenvalue weighted by Crippen LogP contribution is 2.20. The van der Waals surface area contributed by atoms with E-state index >= 15 is 0 Å². The number of H-pyrrole nitrogens is 1. The summed E-state index contributed by atoms with van der Waals surface area (Å²) in [6.07, 6.45) is 1.58. The standard InChI is InChI=1S/C18H14N4O3/c1-25-15-10-6-5-9-14(15)22-18(24)21-11-13(12-7-3-2-4-8-12)19-17(23)16(21)20-22/h2-11H,1H3,(H,19,23). The van der Waals surface area contributed by atoms with Gasteiger partial charge in [0.15, 0.2) is 0 Å². The zero-order chi connectivity index (χ0) is 17.4. The fraction of sp³-hybridized carbons (Fsp3) is 0.0556. The van der Waals surface area contributed by atoms with Crippen LogP contribution < -0.4 is 16.0 Å². The fourth-order valence-corrected chi connectivity index (χ4v) is 2.72. The number of aromatic amines is 1. The van der Waals surface area contributed by atoms with E-state index in [9.17, 15) is 9.59 Å². The summed E-state index contributed by atoms with van der Waals surface area (Å²) in [5, 5.41) is 4.17. The Bertz CT molecular complexity index is 1170. The van der Waals surface area contributed by atoms with E-state index in [0.29, 0.717) is 17.1 Å². The van der Waals surface area contributed by atoms with Crippen molar-refractivity contribution < 1.29 is 4.74 Å². The van der Waals surface area contributed by atoms with Gasteiger partial charge in [0.25, 0.3) is 5.56 Å². The van der Waals surface area contributed by atoms with Crippen molar-refractivity contribution in [2.45, 2.75) is 0 Å². The summed E-state index contributed by atoms with van der Waals surface area (Å²) >= 11 is 0. The van der Waals surface area contributed by atoms with Gasteiger partial charge in [-0.25, -0.2) is 9.20 Å². The van der Waals surface area contributed by atoms with Crippen LogP contribution in [0.4, 0.5) is 0 Å². The van der Waals surface area contributed by atoms with Gasteiger partial charge in [-0.3, -0.25) is 4.79 Å². The zero-order valence-electron chi connectivity index (χ0n) is 13.3. The van der Waals surface area contributed by atoms with Crippen molar-refractivity contribution in [3.8, 4) is 22.7 Å². The molecule has 0 atom stereocenters. The van der Waals surface area contributed by atoms with E-state index in [2.05, 4.69) is 10.1 Å². The molecule has 0 bridgehead atoms. The first-order valence-corrected chi connectivity index (χ1v) is 7.62. The highest BCUT2D eigenvalue weighted by Gasteiger charge is 2.15. The Morgan fingerprint density at radius 2 is 1.72 bits per heavy atom. The summed E-state index contributed by atoms with van der Waals surface area (Å²) in [4.78, 5) is 28.0. The van der Waals surface area contributed by atoms with E-state index in [1.54, 1.807) is 30.5 Å². The molecule has 0 radical (unpaired) electrons. The minimum absolute atomic E-state index is 0.0237. The maximum Gasteiger partial charge on any atom is 0.355 e. The second kappa shape index (κ2) is 5.79. The first-order chi connectivity index (χ1) is 12.2. The molecule has 4 aromatic rings. The van der Waals surface area contributed by atoms with Gasteiger partial charge in [0.2, 0.25) is 5.65 Å². The average molecular weight is 334 g/mol. The van der Waals surface area contributed by atoms with Gasteiger partial charge in [-0.05, 0) is 17.7 Å². The lowest BCUT2D eigenvalue weighted by Crippen LogP contribution is -2.21. The van der Waals surface area contributed by atoms with Crippen LogP contribution in [0.25, 0.3) is 22.6 Å². The van der Waals surface area contributed by atoms with E-state index < -0.39 is 11.2 Å². The Labute approximate surface area is 141 Å². The smallest absolute Gasteiger partial charge is 0.355 e. The van der Waals surface area contributed by atoms with Crippen LogP contribution in [-0.2, 0) is 0 Å². The largest absolute Gasteiger partial charge is 0.494 e. The summed E-state index contributed by atoms with van der Waals surface area (Å²) in [5.74, 6) is 0.493. The number of hydrogen-bond donors (Lipinski definition) is 1. The topological polar surface area (TPSA) is 81.4 Å². The molecule has 25 heavy (non-hydrogen) atoms. The molecule has 124 valence electrons. The van der Waals surface area contributed by atoms with Crippen LogP contribution in [0.3, 0.4) is 0 Å². The summed E-state index contributed by atoms with van der Waals surface area (Å²) < 4.78 is 7.69. The molecule has 2 aromatic heterocycles. The summed E-state index contributed by atoms with van der Waals surface area (Å²) in [7, 11) is 1.51. The Kier molecular flexibility index (Phi) is 3.46. The highest BCUT2D eigenvalue weighted by molar-refractivity contribution is 5.59. The SMILES string of the molecule is COc1ccccc1-n1nc2c(=O)[nH]c(-c3ccccc3)cn2c1=O. The maximum atomic E-state index is 12.8. The average Bonchev–Trinajstić information content (AvgIpc) is 3.00. The molecule has 4 rings (SSSR count). The first kappa shape index (κ1) is 14.9. The van der Waals surface area contributed by atoms with Crippen LogP contribution in [0.5, 0.6) is 5.75 Å². The van der Waals surface area contributed by atoms with Crippen LogP contribution in [-0.4, -0.2) is 26.3 Å². The third-order valence-electron chi connectivity index (χ3n) is 3.92. The number of rotatable bonds is 3. The Balaban J connectivity index is 1.99. The lowest BCUT2D eigenvalue weighted by atomic mass is 10.2. The monoisotopic (exact) mass is 334 g/mol. The van der Waals surface area contributed by atoms with Gasteiger partial charge < -0.3 is 9.72 Å². The minimum Gasteiger partial charge on any atom is -0.494 e. The summed E-state index contributed by atoms with van der Waals surface area (Å²) in [6, 6.07) is 16.3. The second-order valence-corrected chi connectivity index (χ2v) is 5.42. The van der Waals surface area contributed by atoms with Crippen LogP contribution in [0.2, 0.25) is 0 Å². The van der Waals surface area contributed by atoms with Crippen molar-refractivity contribution in [2.24, 2.45) is 0 Å². The van der Waals surface area contributed by atoms with Crippen LogP contribution in [0.1, 0.15) is 0 Å². The fourth-order valence-electron chi connectivity index (χ4n) is 2.72. The van der Waals surface area contributed by atoms with Crippen molar-refractivity contribution >= 4 is 5.65 Å². The molecule has 2 heterocycles. The molecule has 2 aromatic carbocycles. The Morgan fingerprint density at radius 1 is 1.00 bits per heavy atom. The van der Waals surface area contributed by atoms with Gasteiger partial charge in [0.05, 0.1) is 12.8 Å². The maximum absolute atomic E-state index is 12.8. The highest BCUT2D eigenvalue weighted by atomic mass is 16.5. The predicted molar refractivity (Wildman–Crippen MR) is 93.4 cm³/mol. The minimum atomic E-state index is -0.442. The second-order valence-electron chi connectivity index (χ2n) is 5.42. The molecule has 0 spiro atoms. The van der Waals surface area contributed by atoms with Gasteiger partial charge in [-0.2, -0.15) is 4.68 Å². The third kappa shape index (κ3) is 2.42. The summed E-state index contributed by atoms with van der Waals surface area (Å²) in [5.41, 5.74) is 0.961. The molecule has 0 unspecified atom stereocenters. The molecule has 0 saturated heterocycles. The number of ether oxygens (including phenoxy) is 1. The molecule has 7 heteroatoms. The van der Waals surface area contributed by atoms with E-state index in [0.717, 1.165) is 10.2 Å². The zero-order valence-corrected chi connectivity index (χ0v) is 13.3. The molecular weight excluding hydrogens is 320 g/mol. The van der Waals surface area contributed by atoms with Crippen molar-refractivity contribution in [1.82, 2.24) is 19.2 Å². The van der Waals surface area contributed by atoms with Crippen molar-refractivity contribution in [3.05, 3.63) is 81.6 Å². The number of aromatic nitrogens is 4. The number of methoxy groups -OCH3 is 1. The molecule has 0 amide bonds. The van der Waals surface area contributed by atoms with E-state index in [-0.39, 0.29) is 5.65 Å². The van der Waals surface area contributed by atoms with Gasteiger partial charge in [0, 0.05) is 6.20 Å². The van der Waals surface area contributed by atoms with Crippen LogP contribution >= 0.6 is 0 Å². The predicted octanol–water partition coefficient (Wildman–Crippen LogP) is 1.85. The van der Waals surface area contributed by atoms with Crippen LogP contribution in [0, 0.1) is 0 Å². The summed E-state index contributed by atoms with van der Waals surface area (Å²) in [6.45, 7) is 0. The molecule has 0 aliphatic rings. The van der Waals surface area contributed by atoms with Gasteiger partial charge in [0.1, 0.15) is 11.4 Å². The molecule has 1 N–H and O–H groups in total. The number of nitrogens with one attached hydrogen (secondary N) is 1. The van der Waals surface area contributed by atoms with Crippen molar-refractivity contribution in [3.63, 3.8) is 0 Å². The third-order valence-corrected chi connectivity index (χ3v) is 3.92. The van der Waals surface area contributed by atoms with E-state index in [1.165, 1.54) is 11.5 Å². The van der Waals surface area contributed by atoms with Crippen molar-refractivity contribution in [2.75, 3.05) is 7.11 Å². The molecule has 0 aliphatic carbocycles. The van der Waals surface area contributed by atoms with Gasteiger partial charge in [-0.1, -0.05) is 42.5 Å². The molecule has 0 fully saturated rings. The lowest BCUT2D eigenvalue weighted by Gasteiger charge is -2.05. The van der Waals surface area contributed by atoms with E-state index in [4.69, 9.17) is 4.74 Å². The number of benzene rings is 2. The number of para-hydroxylation sites is 2. The Morgan fingerprint density at radius 3 is 2.48 bits per heavy atom. The van der Waals surface area contributed by atoms with Gasteiger partial charge in [-0.15, -0.1) is 5.10 Å². The molecule has 0 aliphatic heterocycles. The molecule has 0 saturated carbocycles. The Hall–Kier alpha value is -3.61. The number of nitrogens with zero attached hydrogens (tertiary/aromatic N) is 3. The molecular formula is C18H14N4O3. The first-order valence-electron chi connectivity index (χ1n) is 7.62. The van der Waals surface area contributed by atoms with Crippen molar-refractivity contribution in [1.29, 1.82) is 0 Å². The number of fused-ring (bicyclic) bond motifs is 1. The molecule has 7 nitrogen and oxygen atoms in total. The van der Waals surface area contributed by atoms with Gasteiger partial charge >= 0.3 is 5.69 Å². The number of hydrogen-bond acceptors (Lipinski definition) is 4. The van der Waals surface area contributed by atoms with Crippen LogP contribution in [0.15, 0.2) is 70.4 Å².